The minimum atomic E-state index is -0.164. The van der Waals surface area contributed by atoms with Gasteiger partial charge in [-0.2, -0.15) is 0 Å². The monoisotopic (exact) mass is 362 g/mol. The normalized spacial score (nSPS) is 23.1. The number of nitrogens with zero attached hydrogens (tertiary/aromatic N) is 1. The molecule has 2 aliphatic heterocycles. The molecule has 2 amide bonds. The maximum Gasteiger partial charge on any atom is 0.230 e. The van der Waals surface area contributed by atoms with Gasteiger partial charge < -0.3 is 4.90 Å². The number of hydrogen-bond acceptors (Lipinski definition) is 3. The van der Waals surface area contributed by atoms with Gasteiger partial charge in [0, 0.05) is 23.4 Å². The molecule has 4 nitrogen and oxygen atoms in total. The van der Waals surface area contributed by atoms with Gasteiger partial charge in [0.15, 0.2) is 0 Å². The Morgan fingerprint density at radius 2 is 1.92 bits per heavy atom. The van der Waals surface area contributed by atoms with Crippen molar-refractivity contribution in [1.82, 2.24) is 10.2 Å². The average Bonchev–Trinajstić information content (AvgIpc) is 2.58. The lowest BCUT2D eigenvalue weighted by Gasteiger charge is -2.35. The third-order valence-electron chi connectivity index (χ3n) is 5.60. The first-order valence-electron chi connectivity index (χ1n) is 9.30. The van der Waals surface area contributed by atoms with Gasteiger partial charge in [-0.15, -0.1) is 0 Å². The van der Waals surface area contributed by atoms with Crippen LogP contribution in [0.3, 0.4) is 0 Å². The maximum absolute atomic E-state index is 11.9. The van der Waals surface area contributed by atoms with Crippen LogP contribution < -0.4 is 5.32 Å². The number of likely N-dealkylation sites (tertiary alicyclic amines) is 1. The van der Waals surface area contributed by atoms with E-state index in [1.807, 2.05) is 6.07 Å². The highest BCUT2D eigenvalue weighted by atomic mass is 35.5. The van der Waals surface area contributed by atoms with E-state index in [9.17, 15) is 9.59 Å². The Hall–Kier alpha value is -1.39. The van der Waals surface area contributed by atoms with Crippen molar-refractivity contribution in [3.8, 4) is 0 Å². The van der Waals surface area contributed by atoms with Crippen LogP contribution in [0.15, 0.2) is 18.2 Å². The minimum absolute atomic E-state index is 0.131. The minimum Gasteiger partial charge on any atom is -0.301 e. The summed E-state index contributed by atoms with van der Waals surface area (Å²) in [4.78, 5) is 25.7. The number of amides is 2. The van der Waals surface area contributed by atoms with Crippen LogP contribution in [-0.2, 0) is 16.0 Å². The van der Waals surface area contributed by atoms with Crippen molar-refractivity contribution >= 4 is 23.4 Å². The molecule has 2 saturated heterocycles. The zero-order valence-corrected chi connectivity index (χ0v) is 15.8. The van der Waals surface area contributed by atoms with E-state index >= 15 is 0 Å². The molecular formula is C20H27ClN2O2. The Morgan fingerprint density at radius 3 is 2.52 bits per heavy atom. The van der Waals surface area contributed by atoms with E-state index in [0.717, 1.165) is 36.5 Å². The molecule has 0 aliphatic carbocycles. The molecule has 0 radical (unpaired) electrons. The molecule has 1 aromatic carbocycles. The molecule has 0 saturated carbocycles. The molecule has 5 heteroatoms. The quantitative estimate of drug-likeness (QED) is 0.834. The molecule has 25 heavy (non-hydrogen) atoms. The van der Waals surface area contributed by atoms with Gasteiger partial charge in [0.1, 0.15) is 0 Å². The van der Waals surface area contributed by atoms with E-state index in [4.69, 9.17) is 11.6 Å². The molecular weight excluding hydrogens is 336 g/mol. The number of nitrogens with one attached hydrogen (secondary N) is 1. The standard InChI is InChI=1S/C20H27ClN2O2/c1-13(2)23-9-7-15(8-10-23)17-5-3-14(12-18(17)21)11-16-4-6-19(24)22-20(16)25/h3,5,12-13,15-16H,4,6-11H2,1-2H3,(H,22,24,25). The van der Waals surface area contributed by atoms with Crippen molar-refractivity contribution in [2.24, 2.45) is 5.92 Å². The van der Waals surface area contributed by atoms with Crippen LogP contribution in [0.5, 0.6) is 0 Å². The summed E-state index contributed by atoms with van der Waals surface area (Å²) < 4.78 is 0. The number of hydrogen-bond donors (Lipinski definition) is 1. The van der Waals surface area contributed by atoms with Crippen LogP contribution >= 0.6 is 11.6 Å². The lowest BCUT2D eigenvalue weighted by Crippen LogP contribution is -2.41. The Morgan fingerprint density at radius 1 is 1.20 bits per heavy atom. The molecule has 2 aliphatic rings. The predicted molar refractivity (Wildman–Crippen MR) is 99.7 cm³/mol. The zero-order chi connectivity index (χ0) is 18.0. The maximum atomic E-state index is 11.9. The number of halogens is 1. The molecule has 0 aromatic heterocycles. The largest absolute Gasteiger partial charge is 0.301 e. The van der Waals surface area contributed by atoms with Crippen LogP contribution in [0, 0.1) is 5.92 Å². The molecule has 0 spiro atoms. The molecule has 1 atom stereocenters. The predicted octanol–water partition coefficient (Wildman–Crippen LogP) is 3.52. The van der Waals surface area contributed by atoms with E-state index in [1.165, 1.54) is 5.56 Å². The van der Waals surface area contributed by atoms with Gasteiger partial charge in [-0.1, -0.05) is 23.7 Å². The van der Waals surface area contributed by atoms with Crippen LogP contribution in [0.4, 0.5) is 0 Å². The van der Waals surface area contributed by atoms with E-state index in [0.29, 0.717) is 31.2 Å². The summed E-state index contributed by atoms with van der Waals surface area (Å²) in [5, 5.41) is 3.24. The van der Waals surface area contributed by atoms with Crippen molar-refractivity contribution < 1.29 is 9.59 Å². The van der Waals surface area contributed by atoms with E-state index in [-0.39, 0.29) is 17.7 Å². The molecule has 136 valence electrons. The third kappa shape index (κ3) is 4.42. The fraction of sp³-hybridized carbons (Fsp3) is 0.600. The smallest absolute Gasteiger partial charge is 0.230 e. The van der Waals surface area contributed by atoms with Crippen molar-refractivity contribution in [2.45, 2.75) is 57.9 Å². The van der Waals surface area contributed by atoms with Gasteiger partial charge in [0.05, 0.1) is 0 Å². The summed E-state index contributed by atoms with van der Waals surface area (Å²) in [6.45, 7) is 6.74. The molecule has 1 unspecified atom stereocenters. The Balaban J connectivity index is 1.63. The summed E-state index contributed by atoms with van der Waals surface area (Å²) >= 11 is 6.57. The molecule has 2 fully saturated rings. The second-order valence-corrected chi connectivity index (χ2v) is 8.02. The van der Waals surface area contributed by atoms with Crippen LogP contribution in [0.2, 0.25) is 5.02 Å². The number of benzene rings is 1. The number of piperidine rings is 2. The van der Waals surface area contributed by atoms with Crippen LogP contribution in [0.1, 0.15) is 56.6 Å². The lowest BCUT2D eigenvalue weighted by molar-refractivity contribution is -0.136. The zero-order valence-electron chi connectivity index (χ0n) is 15.1. The van der Waals surface area contributed by atoms with Crippen LogP contribution in [-0.4, -0.2) is 35.8 Å². The fourth-order valence-electron chi connectivity index (χ4n) is 3.97. The van der Waals surface area contributed by atoms with E-state index < -0.39 is 0 Å². The second kappa shape index (κ2) is 7.88. The van der Waals surface area contributed by atoms with Gasteiger partial charge in [0.2, 0.25) is 11.8 Å². The topological polar surface area (TPSA) is 49.4 Å². The lowest BCUT2D eigenvalue weighted by atomic mass is 9.86. The van der Waals surface area contributed by atoms with Gasteiger partial charge in [-0.3, -0.25) is 14.9 Å². The summed E-state index contributed by atoms with van der Waals surface area (Å²) in [6, 6.07) is 6.85. The number of carbonyl (C=O) groups excluding carboxylic acids is 2. The third-order valence-corrected chi connectivity index (χ3v) is 5.93. The number of rotatable bonds is 4. The summed E-state index contributed by atoms with van der Waals surface area (Å²) in [7, 11) is 0. The number of imide groups is 1. The van der Waals surface area contributed by atoms with Crippen molar-refractivity contribution in [2.75, 3.05) is 13.1 Å². The fourth-order valence-corrected chi connectivity index (χ4v) is 4.33. The summed E-state index contributed by atoms with van der Waals surface area (Å²) in [6.07, 6.45) is 3.98. The number of carbonyl (C=O) groups is 2. The van der Waals surface area contributed by atoms with E-state index in [2.05, 4.69) is 36.2 Å². The summed E-state index contributed by atoms with van der Waals surface area (Å²) in [5.74, 6) is 0.0703. The molecule has 1 N–H and O–H groups in total. The molecule has 3 rings (SSSR count). The van der Waals surface area contributed by atoms with Crippen LogP contribution in [0.25, 0.3) is 0 Å². The first kappa shape index (κ1) is 18.4. The highest BCUT2D eigenvalue weighted by molar-refractivity contribution is 6.31. The van der Waals surface area contributed by atoms with Gasteiger partial charge in [0.25, 0.3) is 0 Å². The molecule has 0 bridgehead atoms. The Labute approximate surface area is 154 Å². The van der Waals surface area contributed by atoms with Gasteiger partial charge in [-0.05, 0) is 75.7 Å². The van der Waals surface area contributed by atoms with Gasteiger partial charge in [-0.25, -0.2) is 0 Å². The first-order chi connectivity index (χ1) is 11.9. The van der Waals surface area contributed by atoms with Gasteiger partial charge >= 0.3 is 0 Å². The van der Waals surface area contributed by atoms with Crippen molar-refractivity contribution in [1.29, 1.82) is 0 Å². The molecule has 1 aromatic rings. The SMILES string of the molecule is CC(C)N1CCC(c2ccc(CC3CCC(=O)NC3=O)cc2Cl)CC1. The van der Waals surface area contributed by atoms with E-state index in [1.54, 1.807) is 0 Å². The Bertz CT molecular complexity index is 651. The Kier molecular flexibility index (Phi) is 5.80. The highest BCUT2D eigenvalue weighted by Gasteiger charge is 2.27. The average molecular weight is 363 g/mol. The second-order valence-electron chi connectivity index (χ2n) is 7.61. The highest BCUT2D eigenvalue weighted by Crippen LogP contribution is 2.34. The molecule has 2 heterocycles. The first-order valence-corrected chi connectivity index (χ1v) is 9.68. The summed E-state index contributed by atoms with van der Waals surface area (Å²) in [5.41, 5.74) is 2.31. The van der Waals surface area contributed by atoms with Crippen molar-refractivity contribution in [3.63, 3.8) is 0 Å². The van der Waals surface area contributed by atoms with Crippen molar-refractivity contribution in [3.05, 3.63) is 34.3 Å².